The van der Waals surface area contributed by atoms with E-state index in [0.29, 0.717) is 0 Å². The van der Waals surface area contributed by atoms with E-state index in [9.17, 15) is 0 Å². The molecule has 0 atom stereocenters. The highest BCUT2D eigenvalue weighted by molar-refractivity contribution is 4.70. The molecule has 1 rings (SSSR count). The predicted octanol–water partition coefficient (Wildman–Crippen LogP) is 4.20. The molecule has 0 radical (unpaired) electrons. The van der Waals surface area contributed by atoms with Crippen LogP contribution in [-0.2, 0) is 4.74 Å². The smallest absolute Gasteiger partial charge is 0.0495 e. The first-order valence-corrected chi connectivity index (χ1v) is 8.02. The van der Waals surface area contributed by atoms with Gasteiger partial charge in [-0.2, -0.15) is 0 Å². The second kappa shape index (κ2) is 12.0. The first-order chi connectivity index (χ1) is 8.72. The third-order valence-electron chi connectivity index (χ3n) is 3.58. The predicted molar refractivity (Wildman–Crippen MR) is 81.1 cm³/mol. The van der Waals surface area contributed by atoms with Crippen molar-refractivity contribution in [2.24, 2.45) is 11.8 Å². The average Bonchev–Trinajstić information content (AvgIpc) is 2.41. The van der Waals surface area contributed by atoms with Gasteiger partial charge in [-0.15, -0.1) is 0 Å². The molecule has 0 aliphatic carbocycles. The van der Waals surface area contributed by atoms with Crippen LogP contribution in [0, 0.1) is 11.8 Å². The summed E-state index contributed by atoms with van der Waals surface area (Å²) in [7, 11) is 0. The molecule has 0 aromatic rings. The molecule has 18 heavy (non-hydrogen) atoms. The lowest BCUT2D eigenvalue weighted by Gasteiger charge is -2.30. The molecule has 1 aliphatic rings. The third-order valence-corrected chi connectivity index (χ3v) is 3.58. The Balaban J connectivity index is 0.00000137. The molecule has 2 nitrogen and oxygen atoms in total. The fourth-order valence-electron chi connectivity index (χ4n) is 2.31. The number of likely N-dealkylation sites (tertiary alicyclic amines) is 1. The Kier molecular flexibility index (Phi) is 11.9. The first kappa shape index (κ1) is 17.9. The second-order valence-electron chi connectivity index (χ2n) is 5.49. The molecular formula is C16H35NO. The number of piperidine rings is 1. The van der Waals surface area contributed by atoms with Crippen LogP contribution in [0.3, 0.4) is 0 Å². The average molecular weight is 257 g/mol. The highest BCUT2D eigenvalue weighted by atomic mass is 16.5. The SMILES string of the molecule is CC.CCN1CCC(COCCCC(C)C)CC1. The normalized spacial score (nSPS) is 17.7. The first-order valence-electron chi connectivity index (χ1n) is 8.02. The highest BCUT2D eigenvalue weighted by Crippen LogP contribution is 2.17. The van der Waals surface area contributed by atoms with E-state index in [1.807, 2.05) is 13.8 Å². The van der Waals surface area contributed by atoms with Gasteiger partial charge in [0.15, 0.2) is 0 Å². The lowest BCUT2D eigenvalue weighted by Crippen LogP contribution is -2.34. The summed E-state index contributed by atoms with van der Waals surface area (Å²) in [6, 6.07) is 0. The van der Waals surface area contributed by atoms with Gasteiger partial charge in [0, 0.05) is 13.2 Å². The topological polar surface area (TPSA) is 12.5 Å². The third kappa shape index (κ3) is 8.93. The lowest BCUT2D eigenvalue weighted by atomic mass is 9.98. The van der Waals surface area contributed by atoms with Crippen LogP contribution in [0.15, 0.2) is 0 Å². The minimum Gasteiger partial charge on any atom is -0.381 e. The van der Waals surface area contributed by atoms with Crippen molar-refractivity contribution in [3.63, 3.8) is 0 Å². The molecule has 2 heteroatoms. The second-order valence-corrected chi connectivity index (χ2v) is 5.49. The molecule has 0 aromatic carbocycles. The molecule has 1 fully saturated rings. The van der Waals surface area contributed by atoms with Crippen molar-refractivity contribution in [2.45, 2.75) is 60.3 Å². The van der Waals surface area contributed by atoms with Gasteiger partial charge in [0.2, 0.25) is 0 Å². The van der Waals surface area contributed by atoms with Gasteiger partial charge in [0.1, 0.15) is 0 Å². The summed E-state index contributed by atoms with van der Waals surface area (Å²) in [6.45, 7) is 16.5. The maximum absolute atomic E-state index is 5.77. The summed E-state index contributed by atoms with van der Waals surface area (Å²) in [6.07, 6.45) is 5.19. The molecule has 1 aliphatic heterocycles. The number of rotatable bonds is 7. The molecule has 110 valence electrons. The van der Waals surface area contributed by atoms with E-state index < -0.39 is 0 Å². The van der Waals surface area contributed by atoms with Crippen molar-refractivity contribution in [2.75, 3.05) is 32.8 Å². The van der Waals surface area contributed by atoms with E-state index in [-0.39, 0.29) is 0 Å². The zero-order chi connectivity index (χ0) is 13.8. The summed E-state index contributed by atoms with van der Waals surface area (Å²) < 4.78 is 5.77. The van der Waals surface area contributed by atoms with E-state index in [4.69, 9.17) is 4.74 Å². The monoisotopic (exact) mass is 257 g/mol. The number of hydrogen-bond donors (Lipinski definition) is 0. The van der Waals surface area contributed by atoms with Crippen LogP contribution in [0.25, 0.3) is 0 Å². The van der Waals surface area contributed by atoms with Gasteiger partial charge < -0.3 is 9.64 Å². The number of ether oxygens (including phenoxy) is 1. The van der Waals surface area contributed by atoms with Crippen molar-refractivity contribution in [3.05, 3.63) is 0 Å². The van der Waals surface area contributed by atoms with Crippen LogP contribution in [0.4, 0.5) is 0 Å². The Bertz CT molecular complexity index is 162. The molecule has 1 saturated heterocycles. The van der Waals surface area contributed by atoms with Crippen LogP contribution < -0.4 is 0 Å². The van der Waals surface area contributed by atoms with Crippen molar-refractivity contribution in [1.82, 2.24) is 4.90 Å². The van der Waals surface area contributed by atoms with Gasteiger partial charge in [-0.3, -0.25) is 0 Å². The fourth-order valence-corrected chi connectivity index (χ4v) is 2.31. The van der Waals surface area contributed by atoms with Crippen LogP contribution >= 0.6 is 0 Å². The summed E-state index contributed by atoms with van der Waals surface area (Å²) in [4.78, 5) is 2.54. The van der Waals surface area contributed by atoms with E-state index in [0.717, 1.165) is 25.0 Å². The zero-order valence-electron chi connectivity index (χ0n) is 13.4. The van der Waals surface area contributed by atoms with Crippen LogP contribution in [0.1, 0.15) is 60.3 Å². The van der Waals surface area contributed by atoms with E-state index >= 15 is 0 Å². The maximum Gasteiger partial charge on any atom is 0.0495 e. The Morgan fingerprint density at radius 3 is 2.28 bits per heavy atom. The number of hydrogen-bond acceptors (Lipinski definition) is 2. The van der Waals surface area contributed by atoms with Gasteiger partial charge in [-0.1, -0.05) is 34.6 Å². The molecule has 0 N–H and O–H groups in total. The fraction of sp³-hybridized carbons (Fsp3) is 1.00. The molecule has 0 unspecified atom stereocenters. The minimum absolute atomic E-state index is 0.816. The van der Waals surface area contributed by atoms with E-state index in [1.165, 1.54) is 45.3 Å². The Morgan fingerprint density at radius 1 is 1.17 bits per heavy atom. The van der Waals surface area contributed by atoms with Crippen molar-refractivity contribution in [3.8, 4) is 0 Å². The summed E-state index contributed by atoms with van der Waals surface area (Å²) in [5.74, 6) is 1.64. The molecular weight excluding hydrogens is 222 g/mol. The van der Waals surface area contributed by atoms with Gasteiger partial charge in [0.05, 0.1) is 0 Å². The van der Waals surface area contributed by atoms with Gasteiger partial charge >= 0.3 is 0 Å². The van der Waals surface area contributed by atoms with Gasteiger partial charge in [-0.25, -0.2) is 0 Å². The largest absolute Gasteiger partial charge is 0.381 e. The minimum atomic E-state index is 0.816. The standard InChI is InChI=1S/C14H29NO.C2H6/c1-4-15-9-7-14(8-10-15)12-16-11-5-6-13(2)3;1-2/h13-14H,4-12H2,1-3H3;1-2H3. The maximum atomic E-state index is 5.77. The number of nitrogens with zero attached hydrogens (tertiary/aromatic N) is 1. The highest BCUT2D eigenvalue weighted by Gasteiger charge is 2.17. The van der Waals surface area contributed by atoms with E-state index in [2.05, 4.69) is 25.7 Å². The van der Waals surface area contributed by atoms with Gasteiger partial charge in [0.25, 0.3) is 0 Å². The van der Waals surface area contributed by atoms with Crippen molar-refractivity contribution < 1.29 is 4.74 Å². The van der Waals surface area contributed by atoms with E-state index in [1.54, 1.807) is 0 Å². The van der Waals surface area contributed by atoms with Gasteiger partial charge in [-0.05, 0) is 57.2 Å². The Labute approximate surface area is 115 Å². The molecule has 1 heterocycles. The summed E-state index contributed by atoms with van der Waals surface area (Å²) >= 11 is 0. The molecule has 0 saturated carbocycles. The summed E-state index contributed by atoms with van der Waals surface area (Å²) in [5, 5.41) is 0. The zero-order valence-corrected chi connectivity index (χ0v) is 13.4. The Morgan fingerprint density at radius 2 is 1.78 bits per heavy atom. The quantitative estimate of drug-likeness (QED) is 0.634. The van der Waals surface area contributed by atoms with Crippen LogP contribution in [0.5, 0.6) is 0 Å². The molecule has 0 amide bonds. The lowest BCUT2D eigenvalue weighted by molar-refractivity contribution is 0.0651. The van der Waals surface area contributed by atoms with Crippen LogP contribution in [0.2, 0.25) is 0 Å². The van der Waals surface area contributed by atoms with Crippen molar-refractivity contribution in [1.29, 1.82) is 0 Å². The molecule has 0 bridgehead atoms. The molecule has 0 aromatic heterocycles. The molecule has 0 spiro atoms. The van der Waals surface area contributed by atoms with Crippen LogP contribution in [-0.4, -0.2) is 37.7 Å². The van der Waals surface area contributed by atoms with Crippen molar-refractivity contribution >= 4 is 0 Å². The Hall–Kier alpha value is -0.0800. The summed E-state index contributed by atoms with van der Waals surface area (Å²) in [5.41, 5.74) is 0.